The van der Waals surface area contributed by atoms with Gasteiger partial charge < -0.3 is 20.0 Å². The fraction of sp³-hybridized carbons (Fsp3) is 0.667. The first-order valence-electron chi connectivity index (χ1n) is 13.9. The Balaban J connectivity index is 1.30. The number of carboxylic acids is 1. The Morgan fingerprint density at radius 3 is 2.15 bits per heavy atom. The van der Waals surface area contributed by atoms with Crippen LogP contribution in [0.2, 0.25) is 0 Å². The molecule has 0 spiro atoms. The third-order valence-electron chi connectivity index (χ3n) is 8.39. The molecule has 4 aliphatic rings. The molecule has 0 saturated heterocycles. The van der Waals surface area contributed by atoms with Gasteiger partial charge in [-0.2, -0.15) is 5.48 Å². The second-order valence-electron chi connectivity index (χ2n) is 13.9. The number of carboxylic acid groups (broad SMARTS) is 1. The second-order valence-corrected chi connectivity index (χ2v) is 13.9. The summed E-state index contributed by atoms with van der Waals surface area (Å²) in [6.07, 6.45) is 6.17. The van der Waals surface area contributed by atoms with E-state index in [-0.39, 0.29) is 41.2 Å². The molecule has 0 heterocycles. The van der Waals surface area contributed by atoms with Crippen molar-refractivity contribution in [3.8, 4) is 0 Å². The molecule has 9 heteroatoms. The summed E-state index contributed by atoms with van der Waals surface area (Å²) < 4.78 is 5.56. The summed E-state index contributed by atoms with van der Waals surface area (Å²) in [5.41, 5.74) is 2.63. The Labute approximate surface area is 230 Å². The maximum atomic E-state index is 12.9. The van der Waals surface area contributed by atoms with Crippen LogP contribution in [-0.4, -0.2) is 40.2 Å². The summed E-state index contributed by atoms with van der Waals surface area (Å²) in [4.78, 5) is 54.4. The van der Waals surface area contributed by atoms with Crippen molar-refractivity contribution < 1.29 is 33.9 Å². The van der Waals surface area contributed by atoms with Crippen LogP contribution in [0.25, 0.3) is 0 Å². The quantitative estimate of drug-likeness (QED) is 0.305. The molecule has 0 aromatic heterocycles. The molecule has 1 aromatic rings. The van der Waals surface area contributed by atoms with Crippen molar-refractivity contribution in [2.24, 2.45) is 22.7 Å². The first-order valence-corrected chi connectivity index (χ1v) is 13.9. The molecular weight excluding hydrogens is 500 g/mol. The van der Waals surface area contributed by atoms with Crippen LogP contribution in [0.3, 0.4) is 0 Å². The van der Waals surface area contributed by atoms with Gasteiger partial charge in [0.05, 0.1) is 11.5 Å². The number of nitrogens with one attached hydrogen (secondary N) is 2. The Bertz CT molecular complexity index is 1110. The standard InChI is InChI=1S/C30H42N2O7/c1-27(2,3)38-25(36)22(12-19-6-8-21(9-7-19)24(34)35)10-11-23(33)32-39-26(37)31-30-15-20-13-28(4,17-30)16-29(5,14-20)18-30/h6-9,20,22H,10-18H2,1-5H3,(H,31,37)(H,32,33)(H,34,35). The molecule has 3 N–H and O–H groups in total. The number of amides is 2. The lowest BCUT2D eigenvalue weighted by Gasteiger charge is -2.65. The second kappa shape index (κ2) is 10.5. The molecule has 4 bridgehead atoms. The van der Waals surface area contributed by atoms with Gasteiger partial charge in [0.2, 0.25) is 0 Å². The highest BCUT2D eigenvalue weighted by atomic mass is 16.7. The highest BCUT2D eigenvalue weighted by Crippen LogP contribution is 2.66. The number of esters is 1. The SMILES string of the molecule is CC12CC3CC(C)(C1)CC(NC(=O)ONC(=O)CCC(Cc1ccc(C(=O)O)cc1)C(=O)OC(C)(C)C)(C3)C2. The molecule has 0 radical (unpaired) electrons. The first kappa shape index (κ1) is 28.9. The van der Waals surface area contributed by atoms with E-state index >= 15 is 0 Å². The van der Waals surface area contributed by atoms with Crippen molar-refractivity contribution in [3.05, 3.63) is 35.4 Å². The van der Waals surface area contributed by atoms with E-state index in [1.807, 2.05) is 0 Å². The molecule has 1 aromatic carbocycles. The number of hydrogen-bond acceptors (Lipinski definition) is 6. The zero-order chi connectivity index (χ0) is 28.6. The van der Waals surface area contributed by atoms with E-state index in [0.717, 1.165) is 24.8 Å². The van der Waals surface area contributed by atoms with Crippen LogP contribution in [0, 0.1) is 22.7 Å². The number of carbonyl (C=O) groups excluding carboxylic acids is 3. The summed E-state index contributed by atoms with van der Waals surface area (Å²) >= 11 is 0. The molecule has 0 aliphatic heterocycles. The molecule has 5 rings (SSSR count). The molecule has 214 valence electrons. The molecule has 3 atom stereocenters. The van der Waals surface area contributed by atoms with E-state index < -0.39 is 35.5 Å². The molecule has 4 fully saturated rings. The van der Waals surface area contributed by atoms with Crippen molar-refractivity contribution in [2.75, 3.05) is 0 Å². The monoisotopic (exact) mass is 542 g/mol. The van der Waals surface area contributed by atoms with Crippen LogP contribution in [0.15, 0.2) is 24.3 Å². The third kappa shape index (κ3) is 7.31. The summed E-state index contributed by atoms with van der Waals surface area (Å²) in [5, 5.41) is 12.2. The van der Waals surface area contributed by atoms with Crippen molar-refractivity contribution >= 4 is 23.9 Å². The predicted octanol–water partition coefficient (Wildman–Crippen LogP) is 5.17. The minimum absolute atomic E-state index is 0.0479. The van der Waals surface area contributed by atoms with Crippen molar-refractivity contribution in [2.45, 2.75) is 104 Å². The molecule has 2 amide bonds. The Kier molecular flexibility index (Phi) is 7.76. The fourth-order valence-corrected chi connectivity index (χ4v) is 8.05. The zero-order valence-electron chi connectivity index (χ0n) is 23.7. The number of rotatable bonds is 8. The van der Waals surface area contributed by atoms with Gasteiger partial charge in [0.15, 0.2) is 0 Å². The van der Waals surface area contributed by atoms with Gasteiger partial charge in [0.1, 0.15) is 5.60 Å². The van der Waals surface area contributed by atoms with Crippen LogP contribution in [0.1, 0.15) is 102 Å². The molecule has 3 unspecified atom stereocenters. The van der Waals surface area contributed by atoms with Crippen molar-refractivity contribution in [1.82, 2.24) is 10.8 Å². The number of hydroxylamine groups is 1. The van der Waals surface area contributed by atoms with Crippen LogP contribution in [0.4, 0.5) is 4.79 Å². The number of aromatic carboxylic acids is 1. The number of hydrogen-bond donors (Lipinski definition) is 3. The zero-order valence-corrected chi connectivity index (χ0v) is 23.7. The van der Waals surface area contributed by atoms with Gasteiger partial charge in [-0.1, -0.05) is 26.0 Å². The van der Waals surface area contributed by atoms with E-state index in [1.54, 1.807) is 32.9 Å². The number of benzene rings is 1. The largest absolute Gasteiger partial charge is 0.478 e. The minimum atomic E-state index is -1.03. The van der Waals surface area contributed by atoms with Crippen molar-refractivity contribution in [3.63, 3.8) is 0 Å². The normalized spacial score (nSPS) is 29.8. The maximum absolute atomic E-state index is 12.9. The lowest BCUT2D eigenvalue weighted by atomic mass is 9.43. The van der Waals surface area contributed by atoms with E-state index in [9.17, 15) is 19.2 Å². The molecule has 4 saturated carbocycles. The minimum Gasteiger partial charge on any atom is -0.478 e. The van der Waals surface area contributed by atoms with Crippen LogP contribution in [-0.2, 0) is 25.6 Å². The van der Waals surface area contributed by atoms with Crippen LogP contribution in [0.5, 0.6) is 0 Å². The summed E-state index contributed by atoms with van der Waals surface area (Å²) in [6.45, 7) is 9.95. The summed E-state index contributed by atoms with van der Waals surface area (Å²) in [7, 11) is 0. The fourth-order valence-electron chi connectivity index (χ4n) is 8.05. The molecule has 39 heavy (non-hydrogen) atoms. The summed E-state index contributed by atoms with van der Waals surface area (Å²) in [5.74, 6) is -2.01. The van der Waals surface area contributed by atoms with Gasteiger partial charge in [0.25, 0.3) is 5.91 Å². The predicted molar refractivity (Wildman–Crippen MR) is 144 cm³/mol. The van der Waals surface area contributed by atoms with Gasteiger partial charge >= 0.3 is 18.0 Å². The molecule has 9 nitrogen and oxygen atoms in total. The van der Waals surface area contributed by atoms with E-state index in [0.29, 0.717) is 5.92 Å². The Morgan fingerprint density at radius 1 is 1.00 bits per heavy atom. The van der Waals surface area contributed by atoms with Crippen molar-refractivity contribution in [1.29, 1.82) is 0 Å². The van der Waals surface area contributed by atoms with Gasteiger partial charge in [-0.15, -0.1) is 0 Å². The number of ether oxygens (including phenoxy) is 1. The Morgan fingerprint density at radius 2 is 1.62 bits per heavy atom. The molecule has 4 aliphatic carbocycles. The molecular formula is C30H42N2O7. The van der Waals surface area contributed by atoms with E-state index in [1.165, 1.54) is 31.4 Å². The summed E-state index contributed by atoms with van der Waals surface area (Å²) in [6, 6.07) is 6.26. The third-order valence-corrected chi connectivity index (χ3v) is 8.39. The highest BCUT2D eigenvalue weighted by Gasteiger charge is 2.60. The highest BCUT2D eigenvalue weighted by molar-refractivity contribution is 5.87. The average Bonchev–Trinajstić information content (AvgIpc) is 2.76. The lowest BCUT2D eigenvalue weighted by Crippen LogP contribution is -2.65. The van der Waals surface area contributed by atoms with Gasteiger partial charge in [0, 0.05) is 12.0 Å². The smallest absolute Gasteiger partial charge is 0.431 e. The van der Waals surface area contributed by atoms with Crippen LogP contribution < -0.4 is 10.8 Å². The van der Waals surface area contributed by atoms with Gasteiger partial charge in [-0.3, -0.25) is 9.59 Å². The first-order chi connectivity index (χ1) is 18.1. The van der Waals surface area contributed by atoms with Gasteiger partial charge in [-0.25, -0.2) is 9.59 Å². The van der Waals surface area contributed by atoms with Crippen LogP contribution >= 0.6 is 0 Å². The van der Waals surface area contributed by atoms with E-state index in [2.05, 4.69) is 24.6 Å². The van der Waals surface area contributed by atoms with E-state index in [4.69, 9.17) is 14.7 Å². The maximum Gasteiger partial charge on any atom is 0.431 e. The van der Waals surface area contributed by atoms with Gasteiger partial charge in [-0.05, 0) is 107 Å². The average molecular weight is 543 g/mol. The topological polar surface area (TPSA) is 131 Å². The number of carbonyl (C=O) groups is 4. The lowest BCUT2D eigenvalue weighted by molar-refractivity contribution is -0.160. The Hall–Kier alpha value is -3.10.